The zero-order valence-electron chi connectivity index (χ0n) is 16.6. The van der Waals surface area contributed by atoms with Gasteiger partial charge in [0.05, 0.1) is 0 Å². The second kappa shape index (κ2) is 4.76. The lowest BCUT2D eigenvalue weighted by molar-refractivity contribution is -0.0140. The Kier molecular flexibility index (Phi) is 2.31. The maximum absolute atomic E-state index is 10.0. The number of rotatable bonds is 1. The molecule has 1 N–H and O–H groups in total. The quantitative estimate of drug-likeness (QED) is 0.870. The Labute approximate surface area is 142 Å². The van der Waals surface area contributed by atoms with Gasteiger partial charge in [0.15, 0.2) is 0 Å². The summed E-state index contributed by atoms with van der Waals surface area (Å²) in [6.45, 7) is 2.24. The van der Waals surface area contributed by atoms with E-state index in [1.807, 2.05) is 0 Å². The van der Waals surface area contributed by atoms with E-state index in [4.69, 9.17) is 4.11 Å². The summed E-state index contributed by atoms with van der Waals surface area (Å²) in [7, 11) is 0. The number of phenolic OH excluding ortho intramolecular Hbond substituents is 1. The number of fused-ring (bicyclic) bond motifs is 4. The highest BCUT2D eigenvalue weighted by Gasteiger charge is 2.49. The van der Waals surface area contributed by atoms with Gasteiger partial charge in [-0.15, -0.1) is 0 Å². The Morgan fingerprint density at radius 3 is 3.09 bits per heavy atom. The molecule has 0 radical (unpaired) electrons. The Morgan fingerprint density at radius 2 is 2.26 bits per heavy atom. The zero-order chi connectivity index (χ0) is 18.2. The van der Waals surface area contributed by atoms with Crippen LogP contribution >= 0.6 is 0 Å². The number of hydrogen-bond acceptors (Lipinski definition) is 2. The summed E-state index contributed by atoms with van der Waals surface area (Å²) in [6.07, 6.45) is 4.42. The lowest BCUT2D eigenvalue weighted by Crippen LogP contribution is -2.56. The Bertz CT molecular complexity index is 872. The van der Waals surface area contributed by atoms with E-state index in [2.05, 4.69) is 11.8 Å². The van der Waals surface area contributed by atoms with Crippen LogP contribution in [-0.2, 0) is 13.4 Å². The second-order valence-electron chi connectivity index (χ2n) is 7.75. The van der Waals surface area contributed by atoms with E-state index in [1.54, 1.807) is 22.8 Å². The first-order valence-corrected chi connectivity index (χ1v) is 8.99. The van der Waals surface area contributed by atoms with E-state index in [1.165, 1.54) is 13.0 Å². The SMILES string of the molecule is [2H]C([2H])([2H])n1c2c(c3cc(O)ccc31)CCN1CC3CC(CC)C1C2C3. The van der Waals surface area contributed by atoms with Crippen LogP contribution < -0.4 is 0 Å². The van der Waals surface area contributed by atoms with Crippen LogP contribution in [-0.4, -0.2) is 33.7 Å². The van der Waals surface area contributed by atoms with Crippen LogP contribution in [0.2, 0.25) is 0 Å². The molecule has 1 saturated carbocycles. The van der Waals surface area contributed by atoms with Crippen molar-refractivity contribution in [2.75, 3.05) is 13.1 Å². The van der Waals surface area contributed by atoms with Crippen molar-refractivity contribution in [3.05, 3.63) is 29.5 Å². The first-order valence-electron chi connectivity index (χ1n) is 10.5. The molecule has 1 aliphatic carbocycles. The van der Waals surface area contributed by atoms with Gasteiger partial charge >= 0.3 is 0 Å². The molecule has 0 spiro atoms. The van der Waals surface area contributed by atoms with Gasteiger partial charge in [-0.05, 0) is 54.9 Å². The van der Waals surface area contributed by atoms with Crippen molar-refractivity contribution in [2.45, 2.75) is 44.6 Å². The lowest BCUT2D eigenvalue weighted by atomic mass is 9.65. The minimum Gasteiger partial charge on any atom is -0.508 e. The summed E-state index contributed by atoms with van der Waals surface area (Å²) < 4.78 is 26.3. The molecule has 4 aliphatic rings. The van der Waals surface area contributed by atoms with Crippen LogP contribution in [0, 0.1) is 11.8 Å². The van der Waals surface area contributed by atoms with Crippen LogP contribution in [0.5, 0.6) is 5.75 Å². The first-order chi connectivity index (χ1) is 12.4. The second-order valence-corrected chi connectivity index (χ2v) is 7.75. The summed E-state index contributed by atoms with van der Waals surface area (Å²) in [5, 5.41) is 11.0. The van der Waals surface area contributed by atoms with E-state index in [0.717, 1.165) is 48.0 Å². The monoisotopic (exact) mass is 313 g/mol. The molecule has 2 saturated heterocycles. The van der Waals surface area contributed by atoms with E-state index in [-0.39, 0.29) is 5.75 Å². The van der Waals surface area contributed by atoms with E-state index >= 15 is 0 Å². The fourth-order valence-corrected chi connectivity index (χ4v) is 5.84. The highest BCUT2D eigenvalue weighted by Crippen LogP contribution is 2.51. The molecule has 5 unspecified atom stereocenters. The number of nitrogens with zero attached hydrogens (tertiary/aromatic N) is 2. The van der Waals surface area contributed by atoms with Crippen LogP contribution in [0.15, 0.2) is 18.2 Å². The number of phenols is 1. The number of benzene rings is 1. The molecular formula is C20H26N2O. The molecule has 3 nitrogen and oxygen atoms in total. The standard InChI is InChI=1S/C20H26N2O/c1-3-13-8-12-9-17-19(13)22(11-12)7-6-15-16-10-14(23)4-5-18(16)21(2)20(15)17/h4-5,10,12-13,17,19,23H,3,6-9,11H2,1-2H3/i2D3. The molecule has 1 aromatic carbocycles. The molecule has 0 amide bonds. The number of piperidine rings is 2. The molecule has 23 heavy (non-hydrogen) atoms. The predicted octanol–water partition coefficient (Wildman–Crippen LogP) is 3.64. The molecule has 3 heteroatoms. The van der Waals surface area contributed by atoms with E-state index in [0.29, 0.717) is 23.8 Å². The van der Waals surface area contributed by atoms with Gasteiger partial charge in [-0.25, -0.2) is 0 Å². The van der Waals surface area contributed by atoms with Gasteiger partial charge in [-0.3, -0.25) is 4.90 Å². The van der Waals surface area contributed by atoms with Crippen molar-refractivity contribution in [1.29, 1.82) is 0 Å². The third-order valence-corrected chi connectivity index (χ3v) is 6.65. The van der Waals surface area contributed by atoms with Crippen LogP contribution in [0.3, 0.4) is 0 Å². The largest absolute Gasteiger partial charge is 0.508 e. The molecule has 2 aromatic rings. The van der Waals surface area contributed by atoms with Crippen molar-refractivity contribution in [1.82, 2.24) is 9.47 Å². The van der Waals surface area contributed by atoms with E-state index in [9.17, 15) is 5.11 Å². The fourth-order valence-electron chi connectivity index (χ4n) is 5.84. The summed E-state index contributed by atoms with van der Waals surface area (Å²) in [4.78, 5) is 2.63. The highest BCUT2D eigenvalue weighted by molar-refractivity contribution is 5.87. The van der Waals surface area contributed by atoms with Gasteiger partial charge < -0.3 is 9.67 Å². The molecule has 4 heterocycles. The normalized spacial score (nSPS) is 37.8. The minimum absolute atomic E-state index is 0.212. The Hall–Kier alpha value is -1.48. The predicted molar refractivity (Wildman–Crippen MR) is 92.9 cm³/mol. The number of hydrogen-bond donors (Lipinski definition) is 1. The zero-order valence-corrected chi connectivity index (χ0v) is 13.6. The van der Waals surface area contributed by atoms with Crippen molar-refractivity contribution in [3.63, 3.8) is 0 Å². The smallest absolute Gasteiger partial charge is 0.116 e. The van der Waals surface area contributed by atoms with Crippen LogP contribution in [0.4, 0.5) is 0 Å². The van der Waals surface area contributed by atoms with Crippen molar-refractivity contribution < 1.29 is 9.22 Å². The Balaban J connectivity index is 1.80. The average molecular weight is 313 g/mol. The van der Waals surface area contributed by atoms with Crippen molar-refractivity contribution in [3.8, 4) is 5.75 Å². The third-order valence-electron chi connectivity index (χ3n) is 6.65. The highest BCUT2D eigenvalue weighted by atomic mass is 16.3. The van der Waals surface area contributed by atoms with Gasteiger partial charge in [-0.1, -0.05) is 13.3 Å². The van der Waals surface area contributed by atoms with Gasteiger partial charge in [0, 0.05) is 52.7 Å². The maximum Gasteiger partial charge on any atom is 0.116 e. The fraction of sp³-hybridized carbons (Fsp3) is 0.600. The number of aromatic nitrogens is 1. The van der Waals surface area contributed by atoms with Crippen molar-refractivity contribution in [2.24, 2.45) is 18.8 Å². The maximum atomic E-state index is 10.0. The minimum atomic E-state index is -2.20. The third kappa shape index (κ3) is 1.80. The molecular weight excluding hydrogens is 284 g/mol. The topological polar surface area (TPSA) is 28.4 Å². The number of aryl methyl sites for hydroxylation is 1. The van der Waals surface area contributed by atoms with Gasteiger partial charge in [0.1, 0.15) is 5.75 Å². The molecule has 122 valence electrons. The molecule has 4 bridgehead atoms. The average Bonchev–Trinajstić information content (AvgIpc) is 2.87. The molecule has 6 rings (SSSR count). The lowest BCUT2D eigenvalue weighted by Gasteiger charge is -2.53. The summed E-state index contributed by atoms with van der Waals surface area (Å²) in [5.41, 5.74) is 2.93. The van der Waals surface area contributed by atoms with Crippen LogP contribution in [0.1, 0.15) is 47.5 Å². The molecule has 3 aliphatic heterocycles. The molecule has 3 fully saturated rings. The molecule has 5 atom stereocenters. The van der Waals surface area contributed by atoms with Gasteiger partial charge in [0.2, 0.25) is 0 Å². The van der Waals surface area contributed by atoms with E-state index < -0.39 is 6.98 Å². The number of aromatic hydroxyl groups is 1. The van der Waals surface area contributed by atoms with Gasteiger partial charge in [0.25, 0.3) is 0 Å². The summed E-state index contributed by atoms with van der Waals surface area (Å²) >= 11 is 0. The van der Waals surface area contributed by atoms with Crippen LogP contribution in [0.25, 0.3) is 10.9 Å². The van der Waals surface area contributed by atoms with Gasteiger partial charge in [-0.2, -0.15) is 0 Å². The summed E-state index contributed by atoms with van der Waals surface area (Å²) in [5.74, 6) is 1.84. The first kappa shape index (κ1) is 11.1. The molecule has 1 aromatic heterocycles. The summed E-state index contributed by atoms with van der Waals surface area (Å²) in [6, 6.07) is 5.61. The van der Waals surface area contributed by atoms with Crippen molar-refractivity contribution >= 4 is 10.9 Å². The Morgan fingerprint density at radius 1 is 1.35 bits per heavy atom.